The molecule has 1 amide bonds. The zero-order valence-corrected chi connectivity index (χ0v) is 15.0. The van der Waals surface area contributed by atoms with Crippen LogP contribution in [0.25, 0.3) is 6.08 Å². The van der Waals surface area contributed by atoms with Crippen LogP contribution in [0.15, 0.2) is 47.4 Å². The van der Waals surface area contributed by atoms with Gasteiger partial charge >= 0.3 is 5.97 Å². The molecule has 1 heterocycles. The van der Waals surface area contributed by atoms with Gasteiger partial charge in [-0.05, 0) is 35.9 Å². The highest BCUT2D eigenvalue weighted by molar-refractivity contribution is 8.27. The van der Waals surface area contributed by atoms with E-state index in [2.05, 4.69) is 0 Å². The maximum atomic E-state index is 12.7. The summed E-state index contributed by atoms with van der Waals surface area (Å²) in [7, 11) is 0. The molecule has 136 valence electrons. The number of nitro benzene ring substituents is 1. The summed E-state index contributed by atoms with van der Waals surface area (Å²) < 4.78 is 0.218. The number of aromatic carboxylic acids is 1. The average molecular weight is 402 g/mol. The third kappa shape index (κ3) is 3.66. The first-order valence-electron chi connectivity index (χ1n) is 7.36. The van der Waals surface area contributed by atoms with Gasteiger partial charge in [-0.3, -0.25) is 19.8 Å². The lowest BCUT2D eigenvalue weighted by Gasteiger charge is -2.15. The first-order chi connectivity index (χ1) is 12.8. The van der Waals surface area contributed by atoms with Gasteiger partial charge in [-0.2, -0.15) is 0 Å². The van der Waals surface area contributed by atoms with E-state index >= 15 is 0 Å². The minimum atomic E-state index is -1.29. The van der Waals surface area contributed by atoms with Crippen molar-refractivity contribution in [1.82, 2.24) is 0 Å². The molecule has 27 heavy (non-hydrogen) atoms. The molecule has 2 N–H and O–H groups in total. The van der Waals surface area contributed by atoms with Crippen molar-refractivity contribution in [2.75, 3.05) is 4.90 Å². The van der Waals surface area contributed by atoms with Crippen LogP contribution in [0.1, 0.15) is 15.9 Å². The Morgan fingerprint density at radius 1 is 1.22 bits per heavy atom. The normalized spacial score (nSPS) is 15.4. The van der Waals surface area contributed by atoms with E-state index in [9.17, 15) is 24.8 Å². The Morgan fingerprint density at radius 2 is 1.89 bits per heavy atom. The predicted octanol–water partition coefficient (Wildman–Crippen LogP) is 3.40. The predicted molar refractivity (Wildman–Crippen MR) is 104 cm³/mol. The molecular weight excluding hydrogens is 392 g/mol. The maximum absolute atomic E-state index is 12.7. The van der Waals surface area contributed by atoms with Gasteiger partial charge in [-0.25, -0.2) is 4.79 Å². The number of thiocarbonyl (C=S) groups is 1. The summed E-state index contributed by atoms with van der Waals surface area (Å²) in [5, 5.41) is 29.5. The van der Waals surface area contributed by atoms with E-state index < -0.39 is 22.5 Å². The minimum absolute atomic E-state index is 0.0614. The number of hydrogen-bond donors (Lipinski definition) is 2. The van der Waals surface area contributed by atoms with Crippen LogP contribution in [0.5, 0.6) is 5.75 Å². The molecule has 0 radical (unpaired) electrons. The molecule has 3 rings (SSSR count). The Kier molecular flexibility index (Phi) is 4.93. The molecular formula is C17H10N2O6S2. The first kappa shape index (κ1) is 18.5. The SMILES string of the molecule is O=C(O)c1ccc(N2C(=O)/C(=C/c3ccc([N+](=O)[O-])cc3)SC2=S)cc1O. The molecule has 0 spiro atoms. The third-order valence-electron chi connectivity index (χ3n) is 3.67. The number of phenols is 1. The number of carbonyl (C=O) groups excluding carboxylic acids is 1. The summed E-state index contributed by atoms with van der Waals surface area (Å²) in [6.07, 6.45) is 1.55. The number of nitro groups is 1. The molecule has 8 nitrogen and oxygen atoms in total. The van der Waals surface area contributed by atoms with Crippen molar-refractivity contribution in [2.45, 2.75) is 0 Å². The van der Waals surface area contributed by atoms with Crippen LogP contribution >= 0.6 is 24.0 Å². The molecule has 1 fully saturated rings. The standard InChI is InChI=1S/C17H10N2O6S2/c20-13-8-11(5-6-12(13)16(22)23)18-15(21)14(27-17(18)26)7-9-1-3-10(4-2-9)19(24)25/h1-8,20H,(H,22,23)/b14-7-. The number of rotatable bonds is 4. The summed E-state index contributed by atoms with van der Waals surface area (Å²) in [6, 6.07) is 9.40. The summed E-state index contributed by atoms with van der Waals surface area (Å²) in [5.41, 5.74) is 0.483. The molecule has 10 heteroatoms. The molecule has 0 bridgehead atoms. The Morgan fingerprint density at radius 3 is 2.44 bits per heavy atom. The second-order valence-electron chi connectivity index (χ2n) is 5.37. The average Bonchev–Trinajstić information content (AvgIpc) is 2.88. The zero-order chi connectivity index (χ0) is 19.7. The number of carboxylic acids is 1. The summed E-state index contributed by atoms with van der Waals surface area (Å²) in [6.45, 7) is 0. The second-order valence-corrected chi connectivity index (χ2v) is 7.05. The number of amides is 1. The van der Waals surface area contributed by atoms with E-state index in [1.165, 1.54) is 41.3 Å². The fraction of sp³-hybridized carbons (Fsp3) is 0. The zero-order valence-electron chi connectivity index (χ0n) is 13.4. The lowest BCUT2D eigenvalue weighted by Crippen LogP contribution is -2.27. The number of anilines is 1. The van der Waals surface area contributed by atoms with Gasteiger partial charge in [-0.15, -0.1) is 0 Å². The topological polar surface area (TPSA) is 121 Å². The first-order valence-corrected chi connectivity index (χ1v) is 8.59. The monoisotopic (exact) mass is 402 g/mol. The smallest absolute Gasteiger partial charge is 0.339 e. The van der Waals surface area contributed by atoms with E-state index in [0.717, 1.165) is 17.8 Å². The van der Waals surface area contributed by atoms with Gasteiger partial charge in [0.05, 0.1) is 15.5 Å². The van der Waals surface area contributed by atoms with Crippen molar-refractivity contribution in [3.05, 3.63) is 68.6 Å². The largest absolute Gasteiger partial charge is 0.507 e. The molecule has 0 unspecified atom stereocenters. The molecule has 1 aliphatic heterocycles. The maximum Gasteiger partial charge on any atom is 0.339 e. The minimum Gasteiger partial charge on any atom is -0.507 e. The Labute approximate surface area is 161 Å². The number of non-ortho nitro benzene ring substituents is 1. The number of aromatic hydroxyl groups is 1. The molecule has 0 aliphatic carbocycles. The highest BCUT2D eigenvalue weighted by Crippen LogP contribution is 2.37. The van der Waals surface area contributed by atoms with Crippen molar-refractivity contribution in [2.24, 2.45) is 0 Å². The highest BCUT2D eigenvalue weighted by atomic mass is 32.2. The molecule has 0 atom stereocenters. The fourth-order valence-corrected chi connectivity index (χ4v) is 3.67. The van der Waals surface area contributed by atoms with Gasteiger partial charge in [0.2, 0.25) is 0 Å². The van der Waals surface area contributed by atoms with Gasteiger partial charge in [0, 0.05) is 18.2 Å². The van der Waals surface area contributed by atoms with E-state index in [1.54, 1.807) is 6.08 Å². The Balaban J connectivity index is 1.90. The number of thioether (sulfide) groups is 1. The molecule has 2 aromatic carbocycles. The molecule has 0 saturated carbocycles. The Hall–Kier alpha value is -3.24. The fourth-order valence-electron chi connectivity index (χ4n) is 2.37. The van der Waals surface area contributed by atoms with Crippen molar-refractivity contribution in [1.29, 1.82) is 0 Å². The van der Waals surface area contributed by atoms with Crippen LogP contribution in [-0.2, 0) is 4.79 Å². The van der Waals surface area contributed by atoms with E-state index in [4.69, 9.17) is 17.3 Å². The van der Waals surface area contributed by atoms with Crippen LogP contribution in [0, 0.1) is 10.1 Å². The van der Waals surface area contributed by atoms with E-state index in [-0.39, 0.29) is 21.3 Å². The highest BCUT2D eigenvalue weighted by Gasteiger charge is 2.33. The van der Waals surface area contributed by atoms with Crippen LogP contribution in [-0.4, -0.2) is 31.3 Å². The van der Waals surface area contributed by atoms with Crippen molar-refractivity contribution < 1.29 is 24.7 Å². The van der Waals surface area contributed by atoms with Gasteiger partial charge in [0.25, 0.3) is 11.6 Å². The number of benzene rings is 2. The summed E-state index contributed by atoms with van der Waals surface area (Å²) in [4.78, 5) is 35.3. The summed E-state index contributed by atoms with van der Waals surface area (Å²) in [5.74, 6) is -2.21. The Bertz CT molecular complexity index is 1020. The molecule has 2 aromatic rings. The quantitative estimate of drug-likeness (QED) is 0.345. The van der Waals surface area contributed by atoms with Crippen LogP contribution < -0.4 is 4.90 Å². The van der Waals surface area contributed by atoms with Crippen LogP contribution in [0.4, 0.5) is 11.4 Å². The van der Waals surface area contributed by atoms with Gasteiger partial charge in [-0.1, -0.05) is 24.0 Å². The van der Waals surface area contributed by atoms with E-state index in [0.29, 0.717) is 10.5 Å². The van der Waals surface area contributed by atoms with E-state index in [1.807, 2.05) is 0 Å². The number of carboxylic acid groups (broad SMARTS) is 1. The summed E-state index contributed by atoms with van der Waals surface area (Å²) >= 11 is 6.25. The van der Waals surface area contributed by atoms with Gasteiger partial charge < -0.3 is 10.2 Å². The van der Waals surface area contributed by atoms with Crippen molar-refractivity contribution in [3.8, 4) is 5.75 Å². The molecule has 1 aliphatic rings. The van der Waals surface area contributed by atoms with Crippen molar-refractivity contribution >= 4 is 57.6 Å². The van der Waals surface area contributed by atoms with Gasteiger partial charge in [0.1, 0.15) is 11.3 Å². The molecule has 1 saturated heterocycles. The van der Waals surface area contributed by atoms with Gasteiger partial charge in [0.15, 0.2) is 4.32 Å². The number of nitrogens with zero attached hydrogens (tertiary/aromatic N) is 2. The number of carbonyl (C=O) groups is 2. The second kappa shape index (κ2) is 7.17. The lowest BCUT2D eigenvalue weighted by molar-refractivity contribution is -0.384. The van der Waals surface area contributed by atoms with Crippen LogP contribution in [0.2, 0.25) is 0 Å². The third-order valence-corrected chi connectivity index (χ3v) is 4.97. The number of hydrogen-bond acceptors (Lipinski definition) is 7. The van der Waals surface area contributed by atoms with Crippen LogP contribution in [0.3, 0.4) is 0 Å². The molecule has 0 aromatic heterocycles. The van der Waals surface area contributed by atoms with Crippen molar-refractivity contribution in [3.63, 3.8) is 0 Å². The lowest BCUT2D eigenvalue weighted by atomic mass is 10.1.